The summed E-state index contributed by atoms with van der Waals surface area (Å²) in [6.45, 7) is 7.92. The number of carbonyl (C=O) groups is 2. The van der Waals surface area contributed by atoms with Crippen LogP contribution in [0.4, 0.5) is 5.69 Å². The molecule has 0 spiro atoms. The number of amidine groups is 1. The van der Waals surface area contributed by atoms with Crippen molar-refractivity contribution in [3.8, 4) is 11.1 Å². The highest BCUT2D eigenvalue weighted by atomic mass is 16.5. The van der Waals surface area contributed by atoms with Crippen molar-refractivity contribution >= 4 is 29.5 Å². The third-order valence-corrected chi connectivity index (χ3v) is 4.50. The Labute approximate surface area is 176 Å². The molecule has 3 N–H and O–H groups in total. The number of nitrogens with two attached hydrogens (primary N) is 1. The summed E-state index contributed by atoms with van der Waals surface area (Å²) in [6.07, 6.45) is 2.03. The Morgan fingerprint density at radius 1 is 1.10 bits per heavy atom. The highest BCUT2D eigenvalue weighted by Gasteiger charge is 2.18. The van der Waals surface area contributed by atoms with Gasteiger partial charge in [0.1, 0.15) is 5.84 Å². The fourth-order valence-electron chi connectivity index (χ4n) is 3.15. The summed E-state index contributed by atoms with van der Waals surface area (Å²) >= 11 is 0. The number of hydrogen-bond donors (Lipinski definition) is 2. The second-order valence-electron chi connectivity index (χ2n) is 8.23. The van der Waals surface area contributed by atoms with E-state index in [1.165, 1.54) is 0 Å². The van der Waals surface area contributed by atoms with Crippen LogP contribution in [0.1, 0.15) is 50.0 Å². The molecule has 0 radical (unpaired) electrons. The molecule has 0 unspecified atom stereocenters. The van der Waals surface area contributed by atoms with Gasteiger partial charge < -0.3 is 15.8 Å². The van der Waals surface area contributed by atoms with E-state index in [0.717, 1.165) is 16.7 Å². The van der Waals surface area contributed by atoms with Gasteiger partial charge in [-0.1, -0.05) is 24.3 Å². The summed E-state index contributed by atoms with van der Waals surface area (Å²) in [6, 6.07) is 13.2. The lowest BCUT2D eigenvalue weighted by molar-refractivity contribution is -0.138. The third-order valence-electron chi connectivity index (χ3n) is 4.50. The van der Waals surface area contributed by atoms with Gasteiger partial charge in [-0.2, -0.15) is 0 Å². The van der Waals surface area contributed by atoms with Crippen LogP contribution in [0, 0.1) is 0 Å². The van der Waals surface area contributed by atoms with E-state index in [2.05, 4.69) is 10.3 Å². The minimum atomic E-state index is -0.378. The molecule has 0 fully saturated rings. The number of esters is 1. The van der Waals surface area contributed by atoms with E-state index in [9.17, 15) is 9.59 Å². The highest BCUT2D eigenvalue weighted by molar-refractivity contribution is 6.03. The highest BCUT2D eigenvalue weighted by Crippen LogP contribution is 2.32. The van der Waals surface area contributed by atoms with Gasteiger partial charge >= 0.3 is 5.97 Å². The van der Waals surface area contributed by atoms with Crippen LogP contribution >= 0.6 is 0 Å². The van der Waals surface area contributed by atoms with Crippen molar-refractivity contribution in [1.82, 2.24) is 5.32 Å². The number of nitrogens with one attached hydrogen (secondary N) is 1. The molecule has 3 rings (SSSR count). The van der Waals surface area contributed by atoms with Crippen LogP contribution in [0.3, 0.4) is 0 Å². The summed E-state index contributed by atoms with van der Waals surface area (Å²) in [5.41, 5.74) is 10.2. The first-order valence-corrected chi connectivity index (χ1v) is 9.94. The summed E-state index contributed by atoms with van der Waals surface area (Å²) in [5.74, 6) is -0.124. The standard InChI is InChI=1S/C24H27N3O3/c1-5-30-23(29)19-12-18-11-10-17(13-20(18)26-21(25)14-19)15-6-8-16(9-7-15)22(28)27-24(2,3)4/h6-13H,5,14H2,1-4H3,(H2,25,26)(H,27,28). The zero-order valence-electron chi connectivity index (χ0n) is 17.8. The topological polar surface area (TPSA) is 93.8 Å². The fraction of sp³-hybridized carbons (Fsp3) is 0.292. The Hall–Kier alpha value is -3.41. The summed E-state index contributed by atoms with van der Waals surface area (Å²) in [7, 11) is 0. The zero-order valence-corrected chi connectivity index (χ0v) is 17.8. The van der Waals surface area contributed by atoms with E-state index in [-0.39, 0.29) is 23.8 Å². The van der Waals surface area contributed by atoms with E-state index in [4.69, 9.17) is 10.5 Å². The number of fused-ring (bicyclic) bond motifs is 1. The molecule has 1 aliphatic heterocycles. The monoisotopic (exact) mass is 405 g/mol. The molecule has 30 heavy (non-hydrogen) atoms. The Morgan fingerprint density at radius 3 is 2.40 bits per heavy atom. The van der Waals surface area contributed by atoms with Crippen LogP contribution in [0.2, 0.25) is 0 Å². The smallest absolute Gasteiger partial charge is 0.334 e. The summed E-state index contributed by atoms with van der Waals surface area (Å²) < 4.78 is 5.10. The van der Waals surface area contributed by atoms with Gasteiger partial charge in [0.15, 0.2) is 0 Å². The van der Waals surface area contributed by atoms with Gasteiger partial charge in [-0.25, -0.2) is 9.79 Å². The number of nitrogens with zero attached hydrogens (tertiary/aromatic N) is 1. The van der Waals surface area contributed by atoms with Crippen LogP contribution in [0.25, 0.3) is 17.2 Å². The molecule has 0 bridgehead atoms. The first kappa shape index (κ1) is 21.3. The Morgan fingerprint density at radius 2 is 1.77 bits per heavy atom. The second kappa shape index (κ2) is 8.53. The van der Waals surface area contributed by atoms with Crippen LogP contribution in [-0.4, -0.2) is 29.9 Å². The molecule has 1 aliphatic rings. The third kappa shape index (κ3) is 5.14. The number of amides is 1. The predicted molar refractivity (Wildman–Crippen MR) is 120 cm³/mol. The molecule has 2 aromatic carbocycles. The molecule has 6 heteroatoms. The number of carbonyl (C=O) groups excluding carboxylic acids is 2. The lowest BCUT2D eigenvalue weighted by Crippen LogP contribution is -2.40. The maximum Gasteiger partial charge on any atom is 0.334 e. The fourth-order valence-corrected chi connectivity index (χ4v) is 3.15. The number of hydrogen-bond acceptors (Lipinski definition) is 5. The molecular weight excluding hydrogens is 378 g/mol. The molecule has 0 atom stereocenters. The number of aliphatic imine (C=N–C) groups is 1. The van der Waals surface area contributed by atoms with E-state index >= 15 is 0 Å². The molecule has 0 saturated heterocycles. The van der Waals surface area contributed by atoms with E-state index < -0.39 is 0 Å². The number of rotatable bonds is 4. The summed E-state index contributed by atoms with van der Waals surface area (Å²) in [5, 5.41) is 2.95. The molecule has 6 nitrogen and oxygen atoms in total. The molecule has 1 heterocycles. The largest absolute Gasteiger partial charge is 0.463 e. The Bertz CT molecular complexity index is 1030. The van der Waals surface area contributed by atoms with Gasteiger partial charge in [-0.15, -0.1) is 0 Å². The van der Waals surface area contributed by atoms with Crippen molar-refractivity contribution in [2.24, 2.45) is 10.7 Å². The minimum absolute atomic E-state index is 0.106. The first-order valence-electron chi connectivity index (χ1n) is 9.94. The van der Waals surface area contributed by atoms with E-state index in [0.29, 0.717) is 29.3 Å². The van der Waals surface area contributed by atoms with Gasteiger partial charge in [0, 0.05) is 28.7 Å². The van der Waals surface area contributed by atoms with Crippen LogP contribution < -0.4 is 11.1 Å². The number of benzene rings is 2. The van der Waals surface area contributed by atoms with Crippen LogP contribution in [0.15, 0.2) is 53.0 Å². The lowest BCUT2D eigenvalue weighted by Gasteiger charge is -2.20. The molecule has 0 aliphatic carbocycles. The van der Waals surface area contributed by atoms with Crippen molar-refractivity contribution in [3.63, 3.8) is 0 Å². The minimum Gasteiger partial charge on any atom is -0.463 e. The Balaban J connectivity index is 1.89. The van der Waals surface area contributed by atoms with E-state index in [1.54, 1.807) is 25.1 Å². The van der Waals surface area contributed by atoms with E-state index in [1.807, 2.05) is 51.1 Å². The van der Waals surface area contributed by atoms with Crippen molar-refractivity contribution in [2.45, 2.75) is 39.7 Å². The average molecular weight is 405 g/mol. The predicted octanol–water partition coefficient (Wildman–Crippen LogP) is 4.22. The second-order valence-corrected chi connectivity index (χ2v) is 8.23. The maximum atomic E-state index is 12.3. The van der Waals surface area contributed by atoms with Crippen LogP contribution in [-0.2, 0) is 9.53 Å². The van der Waals surface area contributed by atoms with Crippen molar-refractivity contribution in [3.05, 3.63) is 59.2 Å². The van der Waals surface area contributed by atoms with Gasteiger partial charge in [-0.3, -0.25) is 4.79 Å². The molecule has 1 amide bonds. The molecular formula is C24H27N3O3. The van der Waals surface area contributed by atoms with Gasteiger partial charge in [-0.05, 0) is 63.1 Å². The lowest BCUT2D eigenvalue weighted by atomic mass is 9.99. The zero-order chi connectivity index (χ0) is 21.9. The quantitative estimate of drug-likeness (QED) is 0.745. The van der Waals surface area contributed by atoms with Crippen molar-refractivity contribution < 1.29 is 14.3 Å². The summed E-state index contributed by atoms with van der Waals surface area (Å²) in [4.78, 5) is 28.9. The molecule has 0 saturated carbocycles. The van der Waals surface area contributed by atoms with Gasteiger partial charge in [0.2, 0.25) is 0 Å². The maximum absolute atomic E-state index is 12.3. The normalized spacial score (nSPS) is 13.5. The van der Waals surface area contributed by atoms with Gasteiger partial charge in [0.05, 0.1) is 12.3 Å². The molecule has 0 aromatic heterocycles. The molecule has 2 aromatic rings. The van der Waals surface area contributed by atoms with Crippen molar-refractivity contribution in [1.29, 1.82) is 0 Å². The van der Waals surface area contributed by atoms with Crippen molar-refractivity contribution in [2.75, 3.05) is 6.61 Å². The SMILES string of the molecule is CCOC(=O)C1=Cc2ccc(-c3ccc(C(=O)NC(C)(C)C)cc3)cc2N=C(N)C1. The average Bonchev–Trinajstić information content (AvgIpc) is 2.84. The van der Waals surface area contributed by atoms with Crippen LogP contribution in [0.5, 0.6) is 0 Å². The first-order chi connectivity index (χ1) is 14.2. The van der Waals surface area contributed by atoms with Gasteiger partial charge in [0.25, 0.3) is 5.91 Å². The number of ether oxygens (including phenoxy) is 1. The molecule has 156 valence electrons. The Kier molecular flexibility index (Phi) is 6.06.